The number of benzene rings is 1. The molecule has 0 spiro atoms. The third-order valence-corrected chi connectivity index (χ3v) is 3.59. The lowest BCUT2D eigenvalue weighted by Crippen LogP contribution is -2.02. The number of hydrogen-bond acceptors (Lipinski definition) is 3. The van der Waals surface area contributed by atoms with Crippen molar-refractivity contribution in [2.75, 3.05) is 0 Å². The maximum absolute atomic E-state index is 12.3. The van der Waals surface area contributed by atoms with Crippen LogP contribution >= 0.6 is 15.9 Å². The molecule has 0 aliphatic carbocycles. The molecule has 0 fully saturated rings. The summed E-state index contributed by atoms with van der Waals surface area (Å²) < 4.78 is 29.8. The van der Waals surface area contributed by atoms with Crippen molar-refractivity contribution < 1.29 is 18.6 Å². The lowest BCUT2D eigenvalue weighted by atomic mass is 10.0. The van der Waals surface area contributed by atoms with Gasteiger partial charge in [0, 0.05) is 28.3 Å². The molecule has 0 bridgehead atoms. The number of aromatic amines is 1. The minimum Gasteiger partial charge on any atom is -0.508 e. The van der Waals surface area contributed by atoms with E-state index >= 15 is 0 Å². The number of pyridine rings is 1. The van der Waals surface area contributed by atoms with Gasteiger partial charge >= 0.3 is 6.61 Å². The zero-order valence-electron chi connectivity index (χ0n) is 11.2. The van der Waals surface area contributed by atoms with Gasteiger partial charge in [-0.05, 0) is 51.7 Å². The average molecular weight is 369 g/mol. The highest BCUT2D eigenvalue weighted by molar-refractivity contribution is 9.10. The van der Waals surface area contributed by atoms with E-state index in [9.17, 15) is 13.9 Å². The maximum atomic E-state index is 12.3. The number of fused-ring (bicyclic) bond motifs is 1. The summed E-state index contributed by atoms with van der Waals surface area (Å²) in [6.07, 6.45) is 3.94. The monoisotopic (exact) mass is 368 g/mol. The van der Waals surface area contributed by atoms with Gasteiger partial charge in [0.1, 0.15) is 17.1 Å². The van der Waals surface area contributed by atoms with E-state index in [0.717, 1.165) is 27.1 Å². The number of aromatic hydroxyl groups is 1. The Balaban J connectivity index is 1.94. The molecule has 22 heavy (non-hydrogen) atoms. The second kappa shape index (κ2) is 5.92. The Morgan fingerprint density at radius 3 is 2.86 bits per heavy atom. The Morgan fingerprint density at radius 1 is 1.27 bits per heavy atom. The van der Waals surface area contributed by atoms with Crippen molar-refractivity contribution in [1.29, 1.82) is 0 Å². The van der Waals surface area contributed by atoms with Crippen LogP contribution in [0.1, 0.15) is 11.1 Å². The molecule has 2 N–H and O–H groups in total. The van der Waals surface area contributed by atoms with Crippen molar-refractivity contribution >= 4 is 27.0 Å². The van der Waals surface area contributed by atoms with Gasteiger partial charge in [-0.25, -0.2) is 4.98 Å². The van der Waals surface area contributed by atoms with Gasteiger partial charge < -0.3 is 14.8 Å². The molecule has 0 radical (unpaired) electrons. The molecule has 3 aromatic rings. The summed E-state index contributed by atoms with van der Waals surface area (Å²) in [6, 6.07) is 6.08. The second-order valence-electron chi connectivity index (χ2n) is 4.75. The quantitative estimate of drug-likeness (QED) is 0.724. The number of alkyl halides is 2. The number of hydrogen-bond donors (Lipinski definition) is 2. The van der Waals surface area contributed by atoms with Gasteiger partial charge in [-0.2, -0.15) is 8.78 Å². The summed E-state index contributed by atoms with van der Waals surface area (Å²) in [4.78, 5) is 7.29. The highest BCUT2D eigenvalue weighted by Crippen LogP contribution is 2.27. The molecule has 0 aliphatic rings. The predicted molar refractivity (Wildman–Crippen MR) is 81.3 cm³/mol. The van der Waals surface area contributed by atoms with Crippen molar-refractivity contribution in [3.63, 3.8) is 0 Å². The van der Waals surface area contributed by atoms with Crippen molar-refractivity contribution in [3.05, 3.63) is 52.3 Å². The topological polar surface area (TPSA) is 58.1 Å². The molecule has 2 heterocycles. The third-order valence-electron chi connectivity index (χ3n) is 3.15. The zero-order chi connectivity index (χ0) is 15.7. The molecule has 0 atom stereocenters. The van der Waals surface area contributed by atoms with Gasteiger partial charge in [-0.3, -0.25) is 0 Å². The summed E-state index contributed by atoms with van der Waals surface area (Å²) in [5.74, 6) is -0.184. The SMILES string of the molecule is Oc1cc(Cc2c[nH]c3ncc(Br)cc23)cc(OC(F)F)c1. The van der Waals surface area contributed by atoms with E-state index in [4.69, 9.17) is 0 Å². The summed E-state index contributed by atoms with van der Waals surface area (Å²) in [6.45, 7) is -2.93. The Labute approximate surface area is 132 Å². The van der Waals surface area contributed by atoms with Crippen LogP contribution in [-0.4, -0.2) is 21.7 Å². The maximum Gasteiger partial charge on any atom is 0.387 e. The fraction of sp³-hybridized carbons (Fsp3) is 0.133. The van der Waals surface area contributed by atoms with E-state index in [1.807, 2.05) is 12.3 Å². The molecule has 3 rings (SSSR count). The van der Waals surface area contributed by atoms with Crippen LogP contribution in [0.25, 0.3) is 11.0 Å². The minimum absolute atomic E-state index is 0.0656. The minimum atomic E-state index is -2.93. The number of rotatable bonds is 4. The van der Waals surface area contributed by atoms with Crippen LogP contribution in [0, 0.1) is 0 Å². The van der Waals surface area contributed by atoms with Crippen molar-refractivity contribution in [3.8, 4) is 11.5 Å². The van der Waals surface area contributed by atoms with Crippen LogP contribution in [0.4, 0.5) is 8.78 Å². The number of halogens is 3. The average Bonchev–Trinajstić information content (AvgIpc) is 2.80. The molecule has 0 saturated carbocycles. The van der Waals surface area contributed by atoms with Gasteiger partial charge in [-0.1, -0.05) is 0 Å². The molecular weight excluding hydrogens is 358 g/mol. The number of phenolic OH excluding ortho intramolecular Hbond substituents is 1. The predicted octanol–water partition coefficient (Wildman–Crippen LogP) is 4.22. The molecule has 4 nitrogen and oxygen atoms in total. The van der Waals surface area contributed by atoms with E-state index in [-0.39, 0.29) is 11.5 Å². The highest BCUT2D eigenvalue weighted by Gasteiger charge is 2.10. The lowest BCUT2D eigenvalue weighted by molar-refractivity contribution is -0.0499. The van der Waals surface area contributed by atoms with Gasteiger partial charge in [0.2, 0.25) is 0 Å². The van der Waals surface area contributed by atoms with E-state index in [0.29, 0.717) is 12.0 Å². The zero-order valence-corrected chi connectivity index (χ0v) is 12.8. The normalized spacial score (nSPS) is 11.3. The van der Waals surface area contributed by atoms with E-state index in [1.165, 1.54) is 12.1 Å². The molecule has 2 aromatic heterocycles. The van der Waals surface area contributed by atoms with Gasteiger partial charge in [0.25, 0.3) is 0 Å². The summed E-state index contributed by atoms with van der Waals surface area (Å²) in [5, 5.41) is 10.6. The first-order valence-electron chi connectivity index (χ1n) is 6.40. The Morgan fingerprint density at radius 2 is 2.09 bits per heavy atom. The Kier molecular flexibility index (Phi) is 3.98. The van der Waals surface area contributed by atoms with Gasteiger partial charge in [0.05, 0.1) is 0 Å². The van der Waals surface area contributed by atoms with Crippen LogP contribution in [0.2, 0.25) is 0 Å². The molecule has 0 saturated heterocycles. The van der Waals surface area contributed by atoms with Crippen LogP contribution in [0.15, 0.2) is 41.1 Å². The van der Waals surface area contributed by atoms with Gasteiger partial charge in [-0.15, -0.1) is 0 Å². The molecule has 114 valence electrons. The molecule has 7 heteroatoms. The largest absolute Gasteiger partial charge is 0.508 e. The third kappa shape index (κ3) is 3.19. The number of phenols is 1. The summed E-state index contributed by atoms with van der Waals surface area (Å²) >= 11 is 3.37. The molecule has 1 aromatic carbocycles. The number of H-pyrrole nitrogens is 1. The molecular formula is C15H11BrF2N2O2. The van der Waals surface area contributed by atoms with Crippen LogP contribution in [-0.2, 0) is 6.42 Å². The van der Waals surface area contributed by atoms with Crippen molar-refractivity contribution in [1.82, 2.24) is 9.97 Å². The first-order valence-corrected chi connectivity index (χ1v) is 7.20. The molecule has 0 aliphatic heterocycles. The smallest absolute Gasteiger partial charge is 0.387 e. The number of aromatic nitrogens is 2. The van der Waals surface area contributed by atoms with Crippen molar-refractivity contribution in [2.24, 2.45) is 0 Å². The van der Waals surface area contributed by atoms with E-state index < -0.39 is 6.61 Å². The highest BCUT2D eigenvalue weighted by atomic mass is 79.9. The molecule has 0 unspecified atom stereocenters. The van der Waals surface area contributed by atoms with Gasteiger partial charge in [0.15, 0.2) is 0 Å². The Hall–Kier alpha value is -2.15. The van der Waals surface area contributed by atoms with Crippen LogP contribution in [0.5, 0.6) is 11.5 Å². The fourth-order valence-corrected chi connectivity index (χ4v) is 2.65. The first kappa shape index (κ1) is 14.8. The molecule has 0 amide bonds. The van der Waals surface area contributed by atoms with E-state index in [2.05, 4.69) is 30.6 Å². The lowest BCUT2D eigenvalue weighted by Gasteiger charge is -2.08. The number of nitrogens with one attached hydrogen (secondary N) is 1. The van der Waals surface area contributed by atoms with E-state index in [1.54, 1.807) is 6.20 Å². The fourth-order valence-electron chi connectivity index (χ4n) is 2.31. The van der Waals surface area contributed by atoms with Crippen molar-refractivity contribution in [2.45, 2.75) is 13.0 Å². The second-order valence-corrected chi connectivity index (χ2v) is 5.67. The standard InChI is InChI=1S/C15H11BrF2N2O2/c16-10-4-13-9(6-19-14(13)20-7-10)1-8-2-11(21)5-12(3-8)22-15(17)18/h2-7,15,21H,1H2,(H,19,20). The number of ether oxygens (including phenoxy) is 1. The Bertz CT molecular complexity index is 820. The van der Waals surface area contributed by atoms with Crippen LogP contribution < -0.4 is 4.74 Å². The first-order chi connectivity index (χ1) is 10.5. The van der Waals surface area contributed by atoms with Crippen LogP contribution in [0.3, 0.4) is 0 Å². The summed E-state index contributed by atoms with van der Waals surface area (Å²) in [7, 11) is 0. The summed E-state index contributed by atoms with van der Waals surface area (Å²) in [5.41, 5.74) is 2.34. The number of nitrogens with zero attached hydrogens (tertiary/aromatic N) is 1.